The molecule has 3 aromatic rings. The molecule has 220 valence electrons. The Kier molecular flexibility index (Phi) is 10.8. The molecule has 0 heterocycles. The number of benzene rings is 3. The highest BCUT2D eigenvalue weighted by Gasteiger charge is 2.34. The van der Waals surface area contributed by atoms with Gasteiger partial charge in [0.05, 0.1) is 24.8 Å². The molecule has 41 heavy (non-hydrogen) atoms. The van der Waals surface area contributed by atoms with E-state index in [0.29, 0.717) is 17.9 Å². The van der Waals surface area contributed by atoms with Gasteiger partial charge in [0.2, 0.25) is 11.8 Å². The lowest BCUT2D eigenvalue weighted by atomic mass is 10.1. The standard InChI is InChI=1S/C31H39N3O6S/c1-7-27(31(36)32-22(2)3)33(20-24-11-10-12-25(19-24)39-5)30(35)21-34(28-13-8-9-14-29(28)40-6)41(37,38)26-17-15-23(4)16-18-26/h8-19,22,27H,7,20-21H2,1-6H3,(H,32,36)/t27-/m0/s1. The van der Waals surface area contributed by atoms with Crippen molar-refractivity contribution in [3.05, 3.63) is 83.9 Å². The van der Waals surface area contributed by atoms with Gasteiger partial charge in [-0.25, -0.2) is 8.42 Å². The van der Waals surface area contributed by atoms with Crippen molar-refractivity contribution in [2.75, 3.05) is 25.1 Å². The van der Waals surface area contributed by atoms with Crippen molar-refractivity contribution >= 4 is 27.5 Å². The number of nitrogens with zero attached hydrogens (tertiary/aromatic N) is 2. The monoisotopic (exact) mass is 581 g/mol. The van der Waals surface area contributed by atoms with Crippen LogP contribution in [0.1, 0.15) is 38.3 Å². The van der Waals surface area contributed by atoms with Crippen LogP contribution >= 0.6 is 0 Å². The van der Waals surface area contributed by atoms with E-state index in [1.54, 1.807) is 61.7 Å². The first kappa shape index (κ1) is 31.5. The third kappa shape index (κ3) is 7.79. The molecule has 1 N–H and O–H groups in total. The molecule has 0 fully saturated rings. The molecule has 0 spiro atoms. The first-order valence-electron chi connectivity index (χ1n) is 13.5. The summed E-state index contributed by atoms with van der Waals surface area (Å²) >= 11 is 0. The van der Waals surface area contributed by atoms with Crippen molar-refractivity contribution in [1.29, 1.82) is 0 Å². The second-order valence-electron chi connectivity index (χ2n) is 9.96. The van der Waals surface area contributed by atoms with E-state index in [2.05, 4.69) is 5.32 Å². The lowest BCUT2D eigenvalue weighted by Gasteiger charge is -2.34. The maximum absolute atomic E-state index is 14.2. The Morgan fingerprint density at radius 3 is 2.22 bits per heavy atom. The molecule has 0 aliphatic heterocycles. The molecule has 0 bridgehead atoms. The molecule has 0 unspecified atom stereocenters. The Hall–Kier alpha value is -4.05. The van der Waals surface area contributed by atoms with Crippen LogP contribution in [0.2, 0.25) is 0 Å². The fourth-order valence-electron chi connectivity index (χ4n) is 4.45. The molecule has 0 aliphatic carbocycles. The Morgan fingerprint density at radius 1 is 0.927 bits per heavy atom. The number of carbonyl (C=O) groups excluding carboxylic acids is 2. The highest BCUT2D eigenvalue weighted by Crippen LogP contribution is 2.32. The van der Waals surface area contributed by atoms with Gasteiger partial charge in [0.1, 0.15) is 24.1 Å². The van der Waals surface area contributed by atoms with Crippen molar-refractivity contribution in [2.24, 2.45) is 0 Å². The fourth-order valence-corrected chi connectivity index (χ4v) is 5.88. The number of aryl methyl sites for hydroxylation is 1. The third-order valence-electron chi connectivity index (χ3n) is 6.55. The molecule has 3 rings (SSSR count). The highest BCUT2D eigenvalue weighted by molar-refractivity contribution is 7.92. The van der Waals surface area contributed by atoms with Crippen LogP contribution in [0.3, 0.4) is 0 Å². The number of sulfonamides is 1. The Bertz CT molecular complexity index is 1440. The first-order valence-corrected chi connectivity index (χ1v) is 14.9. The van der Waals surface area contributed by atoms with Crippen LogP contribution in [0, 0.1) is 6.92 Å². The summed E-state index contributed by atoms with van der Waals surface area (Å²) in [4.78, 5) is 28.9. The number of nitrogens with one attached hydrogen (secondary N) is 1. The van der Waals surface area contributed by atoms with E-state index in [4.69, 9.17) is 9.47 Å². The summed E-state index contributed by atoms with van der Waals surface area (Å²) in [5.41, 5.74) is 1.85. The second kappa shape index (κ2) is 14.0. The van der Waals surface area contributed by atoms with E-state index < -0.39 is 28.5 Å². The van der Waals surface area contributed by atoms with Crippen LogP contribution in [0.15, 0.2) is 77.7 Å². The molecular formula is C31H39N3O6S. The number of rotatable bonds is 13. The van der Waals surface area contributed by atoms with E-state index >= 15 is 0 Å². The minimum absolute atomic E-state index is 0.0331. The van der Waals surface area contributed by atoms with Gasteiger partial charge in [-0.2, -0.15) is 0 Å². The molecular weight excluding hydrogens is 542 g/mol. The van der Waals surface area contributed by atoms with Crippen LogP contribution in [0.25, 0.3) is 0 Å². The van der Waals surface area contributed by atoms with Crippen LogP contribution in [0.5, 0.6) is 11.5 Å². The Morgan fingerprint density at radius 2 is 1.61 bits per heavy atom. The molecule has 3 aromatic carbocycles. The number of methoxy groups -OCH3 is 2. The SMILES string of the molecule is CC[C@@H](C(=O)NC(C)C)N(Cc1cccc(OC)c1)C(=O)CN(c1ccccc1OC)S(=O)(=O)c1ccc(C)cc1. The summed E-state index contributed by atoms with van der Waals surface area (Å²) in [6.45, 7) is 6.89. The zero-order valence-electron chi connectivity index (χ0n) is 24.5. The largest absolute Gasteiger partial charge is 0.497 e. The molecule has 0 saturated heterocycles. The normalized spacial score (nSPS) is 12.0. The molecule has 9 nitrogen and oxygen atoms in total. The van der Waals surface area contributed by atoms with Crippen molar-refractivity contribution in [3.8, 4) is 11.5 Å². The topological polar surface area (TPSA) is 105 Å². The minimum atomic E-state index is -4.20. The maximum atomic E-state index is 14.2. The fraction of sp³-hybridized carbons (Fsp3) is 0.355. The van der Waals surface area contributed by atoms with Crippen LogP contribution in [-0.4, -0.2) is 58.0 Å². The van der Waals surface area contributed by atoms with Gasteiger partial charge < -0.3 is 19.7 Å². The average molecular weight is 582 g/mol. The molecule has 0 aliphatic rings. The summed E-state index contributed by atoms with van der Waals surface area (Å²) < 4.78 is 39.9. The number of hydrogen-bond acceptors (Lipinski definition) is 6. The molecule has 10 heteroatoms. The zero-order chi connectivity index (χ0) is 30.2. The highest BCUT2D eigenvalue weighted by atomic mass is 32.2. The van der Waals surface area contributed by atoms with Crippen LogP contribution in [0.4, 0.5) is 5.69 Å². The van der Waals surface area contributed by atoms with Crippen molar-refractivity contribution in [1.82, 2.24) is 10.2 Å². The van der Waals surface area contributed by atoms with Gasteiger partial charge >= 0.3 is 0 Å². The summed E-state index contributed by atoms with van der Waals surface area (Å²) in [6.07, 6.45) is 0.327. The molecule has 0 aromatic heterocycles. The van der Waals surface area contributed by atoms with E-state index in [9.17, 15) is 18.0 Å². The molecule has 0 radical (unpaired) electrons. The maximum Gasteiger partial charge on any atom is 0.264 e. The van der Waals surface area contributed by atoms with Gasteiger partial charge in [-0.1, -0.05) is 48.9 Å². The van der Waals surface area contributed by atoms with Crippen molar-refractivity contribution in [2.45, 2.75) is 57.6 Å². The summed E-state index contributed by atoms with van der Waals surface area (Å²) in [7, 11) is -1.21. The van der Waals surface area contributed by atoms with Crippen LogP contribution in [-0.2, 0) is 26.2 Å². The van der Waals surface area contributed by atoms with E-state index in [0.717, 1.165) is 15.4 Å². The van der Waals surface area contributed by atoms with E-state index in [1.807, 2.05) is 33.8 Å². The second-order valence-corrected chi connectivity index (χ2v) is 11.8. The predicted octanol–water partition coefficient (Wildman–Crippen LogP) is 4.54. The van der Waals surface area contributed by atoms with Gasteiger partial charge in [0, 0.05) is 12.6 Å². The smallest absolute Gasteiger partial charge is 0.264 e. The number of ether oxygens (including phenoxy) is 2. The molecule has 0 saturated carbocycles. The Balaban J connectivity index is 2.11. The average Bonchev–Trinajstić information content (AvgIpc) is 2.95. The van der Waals surface area contributed by atoms with Crippen molar-refractivity contribution < 1.29 is 27.5 Å². The van der Waals surface area contributed by atoms with Gasteiger partial charge in [0.15, 0.2) is 0 Å². The summed E-state index contributed by atoms with van der Waals surface area (Å²) in [5.74, 6) is 0.0382. The van der Waals surface area contributed by atoms with Gasteiger partial charge in [-0.05, 0) is 69.2 Å². The summed E-state index contributed by atoms with van der Waals surface area (Å²) in [6, 6.07) is 19.3. The number of anilines is 1. The van der Waals surface area contributed by atoms with Gasteiger partial charge in [-0.15, -0.1) is 0 Å². The van der Waals surface area contributed by atoms with Crippen molar-refractivity contribution in [3.63, 3.8) is 0 Å². The molecule has 1 atom stereocenters. The number of carbonyl (C=O) groups is 2. The lowest BCUT2D eigenvalue weighted by Crippen LogP contribution is -2.53. The predicted molar refractivity (Wildman–Crippen MR) is 160 cm³/mol. The van der Waals surface area contributed by atoms with E-state index in [-0.39, 0.29) is 29.1 Å². The third-order valence-corrected chi connectivity index (χ3v) is 8.32. The van der Waals surface area contributed by atoms with E-state index in [1.165, 1.54) is 24.1 Å². The van der Waals surface area contributed by atoms with Gasteiger partial charge in [-0.3, -0.25) is 13.9 Å². The Labute approximate surface area is 243 Å². The molecule has 2 amide bonds. The van der Waals surface area contributed by atoms with Crippen LogP contribution < -0.4 is 19.1 Å². The minimum Gasteiger partial charge on any atom is -0.497 e. The quantitative estimate of drug-likeness (QED) is 0.318. The van der Waals surface area contributed by atoms with Gasteiger partial charge in [0.25, 0.3) is 10.0 Å². The number of amides is 2. The lowest BCUT2D eigenvalue weighted by molar-refractivity contribution is -0.140. The zero-order valence-corrected chi connectivity index (χ0v) is 25.3. The number of para-hydroxylation sites is 2. The first-order chi connectivity index (χ1) is 19.5. The number of hydrogen-bond donors (Lipinski definition) is 1. The summed E-state index contributed by atoms with van der Waals surface area (Å²) in [5, 5.41) is 2.89.